The van der Waals surface area contributed by atoms with E-state index in [-0.39, 0.29) is 10.8 Å². The van der Waals surface area contributed by atoms with E-state index in [1.54, 1.807) is 26.2 Å². The molecule has 0 aliphatic carbocycles. The number of nitrogens with one attached hydrogen (secondary N) is 1. The molecular formula is C20H25N3O4S. The maximum absolute atomic E-state index is 13.2. The van der Waals surface area contributed by atoms with Crippen LogP contribution in [0.25, 0.3) is 0 Å². The summed E-state index contributed by atoms with van der Waals surface area (Å²) in [7, 11) is -2.01. The lowest BCUT2D eigenvalue weighted by molar-refractivity contribution is -0.114. The fourth-order valence-corrected chi connectivity index (χ4v) is 4.96. The van der Waals surface area contributed by atoms with Crippen LogP contribution in [0.3, 0.4) is 0 Å². The van der Waals surface area contributed by atoms with Crippen molar-refractivity contribution in [2.45, 2.75) is 18.7 Å². The third-order valence-corrected chi connectivity index (χ3v) is 6.82. The molecule has 1 heterocycles. The molecule has 3 rings (SSSR count). The molecule has 0 saturated carbocycles. The van der Waals surface area contributed by atoms with Crippen molar-refractivity contribution in [1.29, 1.82) is 0 Å². The Bertz CT molecular complexity index is 967. The van der Waals surface area contributed by atoms with Gasteiger partial charge in [-0.2, -0.15) is 4.31 Å². The summed E-state index contributed by atoms with van der Waals surface area (Å²) in [5, 5.41) is 2.64. The minimum Gasteiger partial charge on any atom is -0.497 e. The van der Waals surface area contributed by atoms with Gasteiger partial charge in [0.2, 0.25) is 15.9 Å². The highest BCUT2D eigenvalue weighted by Crippen LogP contribution is 2.27. The zero-order chi connectivity index (χ0) is 20.3. The number of methoxy groups -OCH3 is 1. The minimum atomic E-state index is -3.64. The Morgan fingerprint density at radius 1 is 1.07 bits per heavy atom. The lowest BCUT2D eigenvalue weighted by Crippen LogP contribution is -2.48. The van der Waals surface area contributed by atoms with Crippen molar-refractivity contribution in [2.24, 2.45) is 0 Å². The van der Waals surface area contributed by atoms with Crippen molar-refractivity contribution < 1.29 is 17.9 Å². The Kier molecular flexibility index (Phi) is 5.90. The molecule has 7 nitrogen and oxygen atoms in total. The number of carbonyl (C=O) groups excluding carboxylic acids is 1. The van der Waals surface area contributed by atoms with E-state index < -0.39 is 10.0 Å². The van der Waals surface area contributed by atoms with Gasteiger partial charge in [-0.05, 0) is 36.8 Å². The van der Waals surface area contributed by atoms with Crippen molar-refractivity contribution in [3.05, 3.63) is 48.0 Å². The highest BCUT2D eigenvalue weighted by atomic mass is 32.2. The molecule has 0 unspecified atom stereocenters. The molecule has 0 atom stereocenters. The van der Waals surface area contributed by atoms with Crippen molar-refractivity contribution in [3.8, 4) is 5.75 Å². The van der Waals surface area contributed by atoms with Crippen LogP contribution in [-0.4, -0.2) is 51.9 Å². The lowest BCUT2D eigenvalue weighted by Gasteiger charge is -2.35. The largest absolute Gasteiger partial charge is 0.497 e. The van der Waals surface area contributed by atoms with Gasteiger partial charge in [0.15, 0.2) is 0 Å². The fraction of sp³-hybridized carbons (Fsp3) is 0.350. The van der Waals surface area contributed by atoms with Crippen molar-refractivity contribution >= 4 is 27.3 Å². The molecule has 28 heavy (non-hydrogen) atoms. The first kappa shape index (κ1) is 20.2. The maximum atomic E-state index is 13.2. The highest BCUT2D eigenvalue weighted by Gasteiger charge is 2.30. The molecule has 2 aromatic carbocycles. The predicted molar refractivity (Wildman–Crippen MR) is 109 cm³/mol. The number of aryl methyl sites for hydroxylation is 1. The van der Waals surface area contributed by atoms with Crippen molar-refractivity contribution in [3.63, 3.8) is 0 Å². The van der Waals surface area contributed by atoms with Crippen molar-refractivity contribution in [2.75, 3.05) is 43.5 Å². The molecule has 0 aromatic heterocycles. The average Bonchev–Trinajstić information content (AvgIpc) is 2.69. The third kappa shape index (κ3) is 4.28. The van der Waals surface area contributed by atoms with Crippen LogP contribution in [0.4, 0.5) is 11.4 Å². The molecule has 1 fully saturated rings. The number of piperazine rings is 1. The number of hydrogen-bond donors (Lipinski definition) is 1. The van der Waals surface area contributed by atoms with Gasteiger partial charge in [0.1, 0.15) is 5.75 Å². The molecule has 1 N–H and O–H groups in total. The smallest absolute Gasteiger partial charge is 0.243 e. The number of sulfonamides is 1. The number of carbonyl (C=O) groups is 1. The van der Waals surface area contributed by atoms with Gasteiger partial charge in [0.05, 0.1) is 12.0 Å². The van der Waals surface area contributed by atoms with Gasteiger partial charge in [-0.15, -0.1) is 0 Å². The van der Waals surface area contributed by atoms with Gasteiger partial charge < -0.3 is 15.0 Å². The third-order valence-electron chi connectivity index (χ3n) is 4.78. The molecular weight excluding hydrogens is 378 g/mol. The Morgan fingerprint density at radius 3 is 2.43 bits per heavy atom. The summed E-state index contributed by atoms with van der Waals surface area (Å²) in [6.45, 7) is 5.13. The van der Waals surface area contributed by atoms with Gasteiger partial charge >= 0.3 is 0 Å². The van der Waals surface area contributed by atoms with Crippen LogP contribution in [0.15, 0.2) is 47.4 Å². The van der Waals surface area contributed by atoms with Crippen LogP contribution >= 0.6 is 0 Å². The maximum Gasteiger partial charge on any atom is 0.243 e. The zero-order valence-electron chi connectivity index (χ0n) is 16.3. The van der Waals surface area contributed by atoms with Crippen LogP contribution in [0.5, 0.6) is 5.75 Å². The van der Waals surface area contributed by atoms with Crippen LogP contribution in [0.2, 0.25) is 0 Å². The summed E-state index contributed by atoms with van der Waals surface area (Å²) >= 11 is 0. The minimum absolute atomic E-state index is 0.230. The first-order valence-corrected chi connectivity index (χ1v) is 10.5. The van der Waals surface area contributed by atoms with E-state index in [1.807, 2.05) is 24.3 Å². The molecule has 0 radical (unpaired) electrons. The number of amides is 1. The van der Waals surface area contributed by atoms with E-state index in [9.17, 15) is 13.2 Å². The van der Waals surface area contributed by atoms with Crippen molar-refractivity contribution in [1.82, 2.24) is 4.31 Å². The van der Waals surface area contributed by atoms with E-state index in [0.717, 1.165) is 11.4 Å². The predicted octanol–water partition coefficient (Wildman–Crippen LogP) is 2.47. The van der Waals surface area contributed by atoms with Crippen LogP contribution in [0.1, 0.15) is 12.5 Å². The molecule has 0 bridgehead atoms. The molecule has 1 aliphatic heterocycles. The van der Waals surface area contributed by atoms with Gasteiger partial charge in [-0.3, -0.25) is 4.79 Å². The van der Waals surface area contributed by atoms with E-state index >= 15 is 0 Å². The second-order valence-electron chi connectivity index (χ2n) is 6.75. The fourth-order valence-electron chi connectivity index (χ4n) is 3.29. The number of nitrogens with zero attached hydrogens (tertiary/aromatic N) is 2. The monoisotopic (exact) mass is 403 g/mol. The number of ether oxygens (including phenoxy) is 1. The SMILES string of the molecule is COc1cccc(N2CCN(S(=O)(=O)c3cc(NC(C)=O)ccc3C)CC2)c1. The van der Waals surface area contributed by atoms with E-state index in [1.165, 1.54) is 17.3 Å². The second kappa shape index (κ2) is 8.20. The quantitative estimate of drug-likeness (QED) is 0.830. The molecule has 2 aromatic rings. The molecule has 150 valence electrons. The Morgan fingerprint density at radius 2 is 1.79 bits per heavy atom. The van der Waals surface area contributed by atoms with Gasteiger partial charge in [0.25, 0.3) is 0 Å². The van der Waals surface area contributed by atoms with E-state index in [0.29, 0.717) is 37.4 Å². The molecule has 0 spiro atoms. The Labute approximate surface area is 166 Å². The number of hydrogen-bond acceptors (Lipinski definition) is 5. The Balaban J connectivity index is 1.77. The summed E-state index contributed by atoms with van der Waals surface area (Å²) in [5.41, 5.74) is 2.15. The highest BCUT2D eigenvalue weighted by molar-refractivity contribution is 7.89. The summed E-state index contributed by atoms with van der Waals surface area (Å²) in [4.78, 5) is 13.7. The molecule has 8 heteroatoms. The van der Waals surface area contributed by atoms with E-state index in [4.69, 9.17) is 4.74 Å². The number of rotatable bonds is 5. The summed E-state index contributed by atoms with van der Waals surface area (Å²) in [5.74, 6) is 0.539. The first-order chi connectivity index (χ1) is 13.3. The first-order valence-electron chi connectivity index (χ1n) is 9.08. The average molecular weight is 404 g/mol. The van der Waals surface area contributed by atoms with Crippen LogP contribution < -0.4 is 15.0 Å². The van der Waals surface area contributed by atoms with Gasteiger partial charge in [0, 0.05) is 50.5 Å². The van der Waals surface area contributed by atoms with Crippen LogP contribution in [-0.2, 0) is 14.8 Å². The molecule has 1 amide bonds. The number of benzene rings is 2. The second-order valence-corrected chi connectivity index (χ2v) is 8.66. The lowest BCUT2D eigenvalue weighted by atomic mass is 10.2. The summed E-state index contributed by atoms with van der Waals surface area (Å²) in [6, 6.07) is 12.7. The standard InChI is InChI=1S/C20H25N3O4S/c1-15-7-8-17(21-16(2)24)13-20(15)28(25,26)23-11-9-22(10-12-23)18-5-4-6-19(14-18)27-3/h4-8,13-14H,9-12H2,1-3H3,(H,21,24). The van der Waals surface area contributed by atoms with Gasteiger partial charge in [-0.1, -0.05) is 12.1 Å². The zero-order valence-corrected chi connectivity index (χ0v) is 17.1. The topological polar surface area (TPSA) is 79.0 Å². The molecule has 1 saturated heterocycles. The van der Waals surface area contributed by atoms with Crippen LogP contribution in [0, 0.1) is 6.92 Å². The van der Waals surface area contributed by atoms with E-state index in [2.05, 4.69) is 10.2 Å². The normalized spacial score (nSPS) is 15.3. The summed E-state index contributed by atoms with van der Waals surface area (Å²) in [6.07, 6.45) is 0. The van der Waals surface area contributed by atoms with Gasteiger partial charge in [-0.25, -0.2) is 8.42 Å². The molecule has 1 aliphatic rings. The summed E-state index contributed by atoms with van der Waals surface area (Å²) < 4.78 is 33.1. The number of anilines is 2. The Hall–Kier alpha value is -2.58.